The van der Waals surface area contributed by atoms with Gasteiger partial charge in [-0.15, -0.1) is 0 Å². The zero-order chi connectivity index (χ0) is 14.5. The topological polar surface area (TPSA) is 58.6 Å². The summed E-state index contributed by atoms with van der Waals surface area (Å²) in [6, 6.07) is 12.0. The zero-order valence-electron chi connectivity index (χ0n) is 11.5. The van der Waals surface area contributed by atoms with Crippen molar-refractivity contribution < 1.29 is 14.6 Å². The molecule has 0 aliphatic rings. The van der Waals surface area contributed by atoms with Crippen LogP contribution >= 0.6 is 0 Å². The van der Waals surface area contributed by atoms with E-state index in [1.807, 2.05) is 32.0 Å². The van der Waals surface area contributed by atoms with Gasteiger partial charge in [-0.2, -0.15) is 0 Å². The Morgan fingerprint density at radius 3 is 2.55 bits per heavy atom. The van der Waals surface area contributed by atoms with E-state index >= 15 is 0 Å². The van der Waals surface area contributed by atoms with Crippen molar-refractivity contribution >= 4 is 11.6 Å². The number of aryl methyl sites for hydroxylation is 1. The molecule has 2 rings (SSSR count). The van der Waals surface area contributed by atoms with Crippen molar-refractivity contribution in [2.24, 2.45) is 0 Å². The van der Waals surface area contributed by atoms with Gasteiger partial charge in [0.15, 0.2) is 6.61 Å². The van der Waals surface area contributed by atoms with E-state index in [0.29, 0.717) is 11.4 Å². The number of aromatic hydroxyl groups is 1. The van der Waals surface area contributed by atoms with Crippen molar-refractivity contribution in [1.29, 1.82) is 0 Å². The Balaban J connectivity index is 1.92. The fourth-order valence-electron chi connectivity index (χ4n) is 1.77. The lowest BCUT2D eigenvalue weighted by Gasteiger charge is -2.11. The van der Waals surface area contributed by atoms with Crippen LogP contribution in [0.3, 0.4) is 0 Å². The monoisotopic (exact) mass is 271 g/mol. The van der Waals surface area contributed by atoms with Gasteiger partial charge in [-0.25, -0.2) is 0 Å². The first-order valence-electron chi connectivity index (χ1n) is 6.34. The smallest absolute Gasteiger partial charge is 0.262 e. The predicted molar refractivity (Wildman–Crippen MR) is 78.1 cm³/mol. The molecular weight excluding hydrogens is 254 g/mol. The molecule has 0 heterocycles. The molecule has 0 atom stereocenters. The average Bonchev–Trinajstić information content (AvgIpc) is 2.43. The van der Waals surface area contributed by atoms with Crippen LogP contribution in [0.2, 0.25) is 0 Å². The fourth-order valence-corrected chi connectivity index (χ4v) is 1.77. The minimum Gasteiger partial charge on any atom is -0.508 e. The van der Waals surface area contributed by atoms with Gasteiger partial charge in [0, 0.05) is 5.69 Å². The number of ether oxygens (including phenoxy) is 1. The second kappa shape index (κ2) is 6.10. The highest BCUT2D eigenvalue weighted by Gasteiger charge is 2.06. The van der Waals surface area contributed by atoms with Gasteiger partial charge in [0.05, 0.1) is 0 Å². The molecule has 104 valence electrons. The molecule has 0 fully saturated rings. The van der Waals surface area contributed by atoms with Crippen LogP contribution in [0.4, 0.5) is 5.69 Å². The van der Waals surface area contributed by atoms with Gasteiger partial charge in [0.2, 0.25) is 0 Å². The normalized spacial score (nSPS) is 10.1. The van der Waals surface area contributed by atoms with Gasteiger partial charge in [-0.1, -0.05) is 12.1 Å². The third kappa shape index (κ3) is 3.51. The number of carbonyl (C=O) groups excluding carboxylic acids is 1. The number of carbonyl (C=O) groups is 1. The summed E-state index contributed by atoms with van der Waals surface area (Å²) in [5.74, 6) is 0.636. The van der Waals surface area contributed by atoms with Crippen molar-refractivity contribution in [3.05, 3.63) is 53.6 Å². The number of hydrogen-bond donors (Lipinski definition) is 2. The van der Waals surface area contributed by atoms with E-state index < -0.39 is 0 Å². The maximum absolute atomic E-state index is 11.8. The summed E-state index contributed by atoms with van der Waals surface area (Å²) in [4.78, 5) is 11.8. The minimum absolute atomic E-state index is 0.0504. The van der Waals surface area contributed by atoms with Crippen LogP contribution in [-0.2, 0) is 4.79 Å². The molecule has 0 radical (unpaired) electrons. The van der Waals surface area contributed by atoms with E-state index in [4.69, 9.17) is 9.84 Å². The number of rotatable bonds is 4. The van der Waals surface area contributed by atoms with Crippen LogP contribution < -0.4 is 10.1 Å². The molecule has 1 amide bonds. The van der Waals surface area contributed by atoms with Crippen LogP contribution in [0.1, 0.15) is 11.1 Å². The Kier molecular flexibility index (Phi) is 4.25. The molecule has 4 heteroatoms. The number of phenols is 1. The summed E-state index contributed by atoms with van der Waals surface area (Å²) in [5, 5.41) is 11.9. The predicted octanol–water partition coefficient (Wildman–Crippen LogP) is 3.03. The summed E-state index contributed by atoms with van der Waals surface area (Å²) in [6.45, 7) is 3.91. The van der Waals surface area contributed by atoms with Crippen LogP contribution in [0.15, 0.2) is 42.5 Å². The van der Waals surface area contributed by atoms with Crippen molar-refractivity contribution in [3.63, 3.8) is 0 Å². The number of nitrogens with one attached hydrogen (secondary N) is 1. The zero-order valence-corrected chi connectivity index (χ0v) is 11.5. The van der Waals surface area contributed by atoms with Crippen molar-refractivity contribution in [3.8, 4) is 11.5 Å². The SMILES string of the molecule is Cc1cccc(OCC(=O)Nc2ccc(O)cc2)c1C. The molecule has 0 aromatic heterocycles. The molecule has 0 spiro atoms. The van der Waals surface area contributed by atoms with Gasteiger partial charge in [-0.05, 0) is 55.3 Å². The molecule has 0 aliphatic heterocycles. The highest BCUT2D eigenvalue weighted by Crippen LogP contribution is 2.20. The van der Waals surface area contributed by atoms with E-state index in [-0.39, 0.29) is 18.3 Å². The molecule has 2 aromatic carbocycles. The van der Waals surface area contributed by atoms with Gasteiger partial charge < -0.3 is 15.2 Å². The lowest BCUT2D eigenvalue weighted by atomic mass is 10.1. The molecular formula is C16H17NO3. The summed E-state index contributed by atoms with van der Waals surface area (Å²) in [6.07, 6.45) is 0. The molecule has 0 aliphatic carbocycles. The highest BCUT2D eigenvalue weighted by atomic mass is 16.5. The summed E-state index contributed by atoms with van der Waals surface area (Å²) in [5.41, 5.74) is 2.78. The standard InChI is InChI=1S/C16H17NO3/c1-11-4-3-5-15(12(11)2)20-10-16(19)17-13-6-8-14(18)9-7-13/h3-9,18H,10H2,1-2H3,(H,17,19). The Bertz CT molecular complexity index is 606. The van der Waals surface area contributed by atoms with E-state index in [2.05, 4.69) is 5.32 Å². The Labute approximate surface area is 118 Å². The van der Waals surface area contributed by atoms with E-state index in [1.54, 1.807) is 12.1 Å². The van der Waals surface area contributed by atoms with Crippen LogP contribution in [-0.4, -0.2) is 17.6 Å². The Morgan fingerprint density at radius 2 is 1.85 bits per heavy atom. The number of phenolic OH excluding ortho intramolecular Hbond substituents is 1. The molecule has 2 N–H and O–H groups in total. The maximum atomic E-state index is 11.8. The van der Waals surface area contributed by atoms with Crippen molar-refractivity contribution in [1.82, 2.24) is 0 Å². The van der Waals surface area contributed by atoms with E-state index in [9.17, 15) is 4.79 Å². The molecule has 4 nitrogen and oxygen atoms in total. The number of benzene rings is 2. The Hall–Kier alpha value is -2.49. The van der Waals surface area contributed by atoms with E-state index in [0.717, 1.165) is 11.1 Å². The summed E-state index contributed by atoms with van der Waals surface area (Å²) < 4.78 is 5.51. The quantitative estimate of drug-likeness (QED) is 0.840. The molecule has 0 saturated carbocycles. The number of amides is 1. The number of hydrogen-bond acceptors (Lipinski definition) is 3. The van der Waals surface area contributed by atoms with Crippen molar-refractivity contribution in [2.75, 3.05) is 11.9 Å². The highest BCUT2D eigenvalue weighted by molar-refractivity contribution is 5.91. The van der Waals surface area contributed by atoms with Crippen LogP contribution in [0, 0.1) is 13.8 Å². The van der Waals surface area contributed by atoms with Crippen LogP contribution in [0.25, 0.3) is 0 Å². The number of anilines is 1. The summed E-state index contributed by atoms with van der Waals surface area (Å²) >= 11 is 0. The lowest BCUT2D eigenvalue weighted by Crippen LogP contribution is -2.20. The lowest BCUT2D eigenvalue weighted by molar-refractivity contribution is -0.118. The van der Waals surface area contributed by atoms with E-state index in [1.165, 1.54) is 12.1 Å². The molecule has 0 saturated heterocycles. The summed E-state index contributed by atoms with van der Waals surface area (Å²) in [7, 11) is 0. The second-order valence-electron chi connectivity index (χ2n) is 4.58. The molecule has 2 aromatic rings. The molecule has 0 unspecified atom stereocenters. The van der Waals surface area contributed by atoms with Gasteiger partial charge >= 0.3 is 0 Å². The second-order valence-corrected chi connectivity index (χ2v) is 4.58. The fraction of sp³-hybridized carbons (Fsp3) is 0.188. The molecule has 0 bridgehead atoms. The third-order valence-corrected chi connectivity index (χ3v) is 3.06. The average molecular weight is 271 g/mol. The molecule has 20 heavy (non-hydrogen) atoms. The van der Waals surface area contributed by atoms with Crippen molar-refractivity contribution in [2.45, 2.75) is 13.8 Å². The first kappa shape index (κ1) is 13.9. The first-order chi connectivity index (χ1) is 9.56. The maximum Gasteiger partial charge on any atom is 0.262 e. The third-order valence-electron chi connectivity index (χ3n) is 3.06. The van der Waals surface area contributed by atoms with Gasteiger partial charge in [0.1, 0.15) is 11.5 Å². The van der Waals surface area contributed by atoms with Gasteiger partial charge in [0.25, 0.3) is 5.91 Å². The largest absolute Gasteiger partial charge is 0.508 e. The first-order valence-corrected chi connectivity index (χ1v) is 6.34. The van der Waals surface area contributed by atoms with Gasteiger partial charge in [-0.3, -0.25) is 4.79 Å². The van der Waals surface area contributed by atoms with Crippen LogP contribution in [0.5, 0.6) is 11.5 Å². The minimum atomic E-state index is -0.239. The Morgan fingerprint density at radius 1 is 1.15 bits per heavy atom.